The van der Waals surface area contributed by atoms with Gasteiger partial charge in [0, 0.05) is 20.1 Å². The van der Waals surface area contributed by atoms with Crippen molar-refractivity contribution in [3.05, 3.63) is 70.3 Å². The van der Waals surface area contributed by atoms with Crippen molar-refractivity contribution < 1.29 is 9.90 Å². The summed E-state index contributed by atoms with van der Waals surface area (Å²) in [7, 11) is 1.80. The molecule has 2 amide bonds. The lowest BCUT2D eigenvalue weighted by Gasteiger charge is -2.21. The van der Waals surface area contributed by atoms with Crippen molar-refractivity contribution in [3.63, 3.8) is 0 Å². The molecule has 2 aromatic rings. The maximum atomic E-state index is 12.3. The quantitative estimate of drug-likeness (QED) is 0.868. The van der Waals surface area contributed by atoms with E-state index < -0.39 is 5.60 Å². The fraction of sp³-hybridized carbons (Fsp3) is 0.381. The molecule has 0 aliphatic carbocycles. The number of aliphatic hydroxyl groups is 1. The second-order valence-corrected chi connectivity index (χ2v) is 7.14. The number of rotatable bonds is 5. The topological polar surface area (TPSA) is 52.6 Å². The lowest BCUT2D eigenvalue weighted by Crippen LogP contribution is -2.36. The molecule has 134 valence electrons. The fourth-order valence-electron chi connectivity index (χ4n) is 2.75. The molecule has 0 bridgehead atoms. The number of nitrogens with zero attached hydrogens (tertiary/aromatic N) is 1. The molecule has 0 radical (unpaired) electrons. The molecule has 0 atom stereocenters. The highest BCUT2D eigenvalue weighted by molar-refractivity contribution is 5.74. The fourth-order valence-corrected chi connectivity index (χ4v) is 2.75. The number of carbonyl (C=O) groups is 1. The van der Waals surface area contributed by atoms with Crippen LogP contribution in [0.4, 0.5) is 4.79 Å². The number of benzene rings is 2. The average Bonchev–Trinajstić information content (AvgIpc) is 2.55. The molecule has 0 aliphatic rings. The Hall–Kier alpha value is -2.33. The molecule has 2 rings (SSSR count). The molecule has 2 aromatic carbocycles. The van der Waals surface area contributed by atoms with Gasteiger partial charge in [-0.15, -0.1) is 0 Å². The number of nitrogens with one attached hydrogen (secondary N) is 1. The average molecular weight is 340 g/mol. The Morgan fingerprint density at radius 2 is 1.64 bits per heavy atom. The SMILES string of the molecule is Cc1cccc(C)c1CN(C)C(=O)NCc1ccc(C(C)(C)O)cc1. The van der Waals surface area contributed by atoms with Crippen molar-refractivity contribution in [1.82, 2.24) is 10.2 Å². The maximum Gasteiger partial charge on any atom is 0.317 e. The summed E-state index contributed by atoms with van der Waals surface area (Å²) >= 11 is 0. The predicted octanol–water partition coefficient (Wildman–Crippen LogP) is 3.87. The molecule has 4 heteroatoms. The van der Waals surface area contributed by atoms with Crippen molar-refractivity contribution in [3.8, 4) is 0 Å². The molecule has 4 nitrogen and oxygen atoms in total. The standard InChI is InChI=1S/C21H28N2O2/c1-15-7-6-8-16(2)19(15)14-23(5)20(24)22-13-17-9-11-18(12-10-17)21(3,4)25/h6-12,25H,13-14H2,1-5H3,(H,22,24). The molecule has 2 N–H and O–H groups in total. The molecule has 0 saturated carbocycles. The van der Waals surface area contributed by atoms with E-state index in [1.54, 1.807) is 25.8 Å². The summed E-state index contributed by atoms with van der Waals surface area (Å²) < 4.78 is 0. The van der Waals surface area contributed by atoms with Gasteiger partial charge in [-0.2, -0.15) is 0 Å². The molecule has 0 saturated heterocycles. The third-order valence-electron chi connectivity index (χ3n) is 4.49. The summed E-state index contributed by atoms with van der Waals surface area (Å²) in [5.74, 6) is 0. The van der Waals surface area contributed by atoms with Gasteiger partial charge < -0.3 is 15.3 Å². The molecule has 25 heavy (non-hydrogen) atoms. The molecule has 0 spiro atoms. The third kappa shape index (κ3) is 5.07. The van der Waals surface area contributed by atoms with E-state index in [0.717, 1.165) is 11.1 Å². The van der Waals surface area contributed by atoms with Crippen LogP contribution in [0.3, 0.4) is 0 Å². The zero-order valence-corrected chi connectivity index (χ0v) is 15.8. The summed E-state index contributed by atoms with van der Waals surface area (Å²) in [5.41, 5.74) is 4.59. The van der Waals surface area contributed by atoms with Crippen LogP contribution in [0, 0.1) is 13.8 Å². The van der Waals surface area contributed by atoms with Crippen LogP contribution in [0.2, 0.25) is 0 Å². The first-order chi connectivity index (χ1) is 11.7. The van der Waals surface area contributed by atoms with Crippen LogP contribution in [0.1, 0.15) is 41.7 Å². The highest BCUT2D eigenvalue weighted by atomic mass is 16.3. The number of urea groups is 1. The van der Waals surface area contributed by atoms with Gasteiger partial charge in [0.2, 0.25) is 0 Å². The first-order valence-electron chi connectivity index (χ1n) is 8.54. The van der Waals surface area contributed by atoms with Gasteiger partial charge in [-0.3, -0.25) is 0 Å². The Bertz CT molecular complexity index is 710. The van der Waals surface area contributed by atoms with Crippen LogP contribution >= 0.6 is 0 Å². The van der Waals surface area contributed by atoms with Gasteiger partial charge in [-0.1, -0.05) is 42.5 Å². The van der Waals surface area contributed by atoms with Crippen LogP contribution in [-0.4, -0.2) is 23.1 Å². The molecular weight excluding hydrogens is 312 g/mol. The second kappa shape index (κ2) is 7.70. The summed E-state index contributed by atoms with van der Waals surface area (Å²) in [5, 5.41) is 12.9. The number of carbonyl (C=O) groups excluding carboxylic acids is 1. The van der Waals surface area contributed by atoms with Gasteiger partial charge >= 0.3 is 6.03 Å². The minimum absolute atomic E-state index is 0.103. The van der Waals surface area contributed by atoms with Crippen LogP contribution < -0.4 is 5.32 Å². The minimum Gasteiger partial charge on any atom is -0.386 e. The summed E-state index contributed by atoms with van der Waals surface area (Å²) in [6, 6.07) is 13.7. The van der Waals surface area contributed by atoms with E-state index >= 15 is 0 Å². The molecule has 0 unspecified atom stereocenters. The van der Waals surface area contributed by atoms with E-state index in [0.29, 0.717) is 13.1 Å². The van der Waals surface area contributed by atoms with Gasteiger partial charge in [0.05, 0.1) is 5.60 Å². The Morgan fingerprint density at radius 1 is 1.08 bits per heavy atom. The summed E-state index contributed by atoms with van der Waals surface area (Å²) in [6.45, 7) is 8.69. The minimum atomic E-state index is -0.854. The van der Waals surface area contributed by atoms with Gasteiger partial charge in [0.15, 0.2) is 0 Å². The molecule has 0 heterocycles. The molecular formula is C21H28N2O2. The third-order valence-corrected chi connectivity index (χ3v) is 4.49. The van der Waals surface area contributed by atoms with Gasteiger partial charge in [0.25, 0.3) is 0 Å². The number of hydrogen-bond acceptors (Lipinski definition) is 2. The van der Waals surface area contributed by atoms with E-state index in [1.807, 2.05) is 30.3 Å². The van der Waals surface area contributed by atoms with E-state index in [1.165, 1.54) is 16.7 Å². The lowest BCUT2D eigenvalue weighted by molar-refractivity contribution is 0.0786. The monoisotopic (exact) mass is 340 g/mol. The van der Waals surface area contributed by atoms with Crippen LogP contribution in [0.25, 0.3) is 0 Å². The Kier molecular flexibility index (Phi) is 5.85. The Balaban J connectivity index is 1.93. The largest absolute Gasteiger partial charge is 0.386 e. The number of hydrogen-bond donors (Lipinski definition) is 2. The Labute approximate surface area is 150 Å². The Morgan fingerprint density at radius 3 is 2.16 bits per heavy atom. The molecule has 0 aromatic heterocycles. The van der Waals surface area contributed by atoms with E-state index in [9.17, 15) is 9.90 Å². The van der Waals surface area contributed by atoms with Gasteiger partial charge in [-0.25, -0.2) is 4.79 Å². The zero-order valence-electron chi connectivity index (χ0n) is 15.8. The number of aryl methyl sites for hydroxylation is 2. The smallest absolute Gasteiger partial charge is 0.317 e. The van der Waals surface area contributed by atoms with Crippen LogP contribution in [0.5, 0.6) is 0 Å². The van der Waals surface area contributed by atoms with Crippen molar-refractivity contribution >= 4 is 6.03 Å². The highest BCUT2D eigenvalue weighted by Gasteiger charge is 2.15. The van der Waals surface area contributed by atoms with E-state index in [4.69, 9.17) is 0 Å². The van der Waals surface area contributed by atoms with Crippen LogP contribution in [-0.2, 0) is 18.7 Å². The first kappa shape index (κ1) is 19.0. The predicted molar refractivity (Wildman–Crippen MR) is 101 cm³/mol. The van der Waals surface area contributed by atoms with Crippen molar-refractivity contribution in [1.29, 1.82) is 0 Å². The first-order valence-corrected chi connectivity index (χ1v) is 8.54. The summed E-state index contributed by atoms with van der Waals surface area (Å²) in [4.78, 5) is 14.0. The van der Waals surface area contributed by atoms with E-state index in [2.05, 4.69) is 31.3 Å². The zero-order chi connectivity index (χ0) is 18.6. The normalized spacial score (nSPS) is 11.3. The summed E-state index contributed by atoms with van der Waals surface area (Å²) in [6.07, 6.45) is 0. The van der Waals surface area contributed by atoms with Crippen molar-refractivity contribution in [2.24, 2.45) is 0 Å². The molecule has 0 aliphatic heterocycles. The van der Waals surface area contributed by atoms with E-state index in [-0.39, 0.29) is 6.03 Å². The van der Waals surface area contributed by atoms with Gasteiger partial charge in [-0.05, 0) is 55.5 Å². The molecule has 0 fully saturated rings. The van der Waals surface area contributed by atoms with Crippen molar-refractivity contribution in [2.75, 3.05) is 7.05 Å². The number of amides is 2. The van der Waals surface area contributed by atoms with Crippen molar-refractivity contribution in [2.45, 2.75) is 46.4 Å². The van der Waals surface area contributed by atoms with Crippen LogP contribution in [0.15, 0.2) is 42.5 Å². The lowest BCUT2D eigenvalue weighted by atomic mass is 9.97. The second-order valence-electron chi connectivity index (χ2n) is 7.14. The van der Waals surface area contributed by atoms with Gasteiger partial charge in [0.1, 0.15) is 0 Å². The maximum absolute atomic E-state index is 12.3. The highest BCUT2D eigenvalue weighted by Crippen LogP contribution is 2.19.